The molecule has 1 amide bonds. The molecule has 3 nitrogen and oxygen atoms in total. The number of hydrogen-bond acceptors (Lipinski definition) is 3. The van der Waals surface area contributed by atoms with Gasteiger partial charge >= 0.3 is 0 Å². The highest BCUT2D eigenvalue weighted by Crippen LogP contribution is 2.27. The summed E-state index contributed by atoms with van der Waals surface area (Å²) < 4.78 is 5.87. The van der Waals surface area contributed by atoms with Gasteiger partial charge in [0, 0.05) is 18.1 Å². The predicted molar refractivity (Wildman–Crippen MR) is 116 cm³/mol. The molecule has 1 N–H and O–H groups in total. The predicted octanol–water partition coefficient (Wildman–Crippen LogP) is 5.93. The number of para-hydroxylation sites is 1. The van der Waals surface area contributed by atoms with Gasteiger partial charge in [0.25, 0.3) is 5.91 Å². The van der Waals surface area contributed by atoms with Crippen LogP contribution in [0.15, 0.2) is 42.5 Å². The van der Waals surface area contributed by atoms with Gasteiger partial charge < -0.3 is 10.1 Å². The molecule has 0 bridgehead atoms. The van der Waals surface area contributed by atoms with E-state index < -0.39 is 6.10 Å². The average molecular weight is 426 g/mol. The second kappa shape index (κ2) is 10.8. The Morgan fingerprint density at radius 1 is 1.11 bits per heavy atom. The van der Waals surface area contributed by atoms with Gasteiger partial charge in [-0.2, -0.15) is 11.8 Å². The van der Waals surface area contributed by atoms with E-state index >= 15 is 0 Å². The Bertz CT molecular complexity index is 768. The normalized spacial score (nSPS) is 12.1. The molecule has 0 radical (unpaired) electrons. The number of ether oxygens (including phenoxy) is 1. The van der Waals surface area contributed by atoms with Crippen LogP contribution >= 0.6 is 35.0 Å². The van der Waals surface area contributed by atoms with Crippen LogP contribution in [-0.2, 0) is 10.5 Å². The van der Waals surface area contributed by atoms with E-state index in [1.165, 1.54) is 0 Å². The van der Waals surface area contributed by atoms with Gasteiger partial charge in [-0.25, -0.2) is 0 Å². The fourth-order valence-corrected chi connectivity index (χ4v) is 3.65. The molecule has 2 aromatic rings. The highest BCUT2D eigenvalue weighted by molar-refractivity contribution is 7.98. The summed E-state index contributed by atoms with van der Waals surface area (Å²) >= 11 is 13.7. The van der Waals surface area contributed by atoms with E-state index in [1.807, 2.05) is 36.4 Å². The van der Waals surface area contributed by atoms with Gasteiger partial charge in [-0.15, -0.1) is 0 Å². The van der Waals surface area contributed by atoms with Gasteiger partial charge in [-0.3, -0.25) is 4.79 Å². The Hall–Kier alpha value is -1.36. The van der Waals surface area contributed by atoms with Crippen LogP contribution in [0.5, 0.6) is 5.75 Å². The number of amides is 1. The minimum Gasteiger partial charge on any atom is -0.481 e. The zero-order chi connectivity index (χ0) is 19.8. The van der Waals surface area contributed by atoms with E-state index in [9.17, 15) is 4.79 Å². The van der Waals surface area contributed by atoms with Crippen molar-refractivity contribution in [2.75, 3.05) is 12.3 Å². The molecule has 146 valence electrons. The largest absolute Gasteiger partial charge is 0.481 e. The first-order valence-corrected chi connectivity index (χ1v) is 10.8. The summed E-state index contributed by atoms with van der Waals surface area (Å²) in [5.74, 6) is 2.63. The van der Waals surface area contributed by atoms with Crippen molar-refractivity contribution in [2.24, 2.45) is 0 Å². The molecule has 0 aliphatic carbocycles. The molecule has 0 spiro atoms. The van der Waals surface area contributed by atoms with Crippen LogP contribution in [0, 0.1) is 0 Å². The number of benzene rings is 2. The fourth-order valence-electron chi connectivity index (χ4n) is 2.52. The maximum atomic E-state index is 12.3. The fraction of sp³-hybridized carbons (Fsp3) is 0.381. The molecular weight excluding hydrogens is 401 g/mol. The smallest absolute Gasteiger partial charge is 0.260 e. The maximum absolute atomic E-state index is 12.3. The van der Waals surface area contributed by atoms with E-state index in [0.717, 1.165) is 28.4 Å². The van der Waals surface area contributed by atoms with Crippen molar-refractivity contribution in [1.29, 1.82) is 0 Å². The minimum absolute atomic E-state index is 0.108. The second-order valence-electron chi connectivity index (χ2n) is 6.54. The van der Waals surface area contributed by atoms with E-state index in [4.69, 9.17) is 27.9 Å². The molecule has 2 rings (SSSR count). The number of carbonyl (C=O) groups is 1. The first-order valence-electron chi connectivity index (χ1n) is 8.93. The Kier molecular flexibility index (Phi) is 8.81. The van der Waals surface area contributed by atoms with Crippen molar-refractivity contribution in [2.45, 2.75) is 38.5 Å². The molecule has 0 unspecified atom stereocenters. The molecular formula is C21H25Cl2NO2S. The molecule has 0 aliphatic heterocycles. The molecule has 6 heteroatoms. The standard InChI is InChI=1S/C21H25Cl2NO2S/c1-14(2)17-6-4-5-7-20(17)26-15(3)21(25)24-10-11-27-13-16-8-9-18(22)19(23)12-16/h4-9,12,14-15H,10-11,13H2,1-3H3,(H,24,25)/t15-/m1/s1. The van der Waals surface area contributed by atoms with Gasteiger partial charge in [0.05, 0.1) is 10.0 Å². The van der Waals surface area contributed by atoms with Gasteiger partial charge in [0.2, 0.25) is 0 Å². The van der Waals surface area contributed by atoms with Crippen LogP contribution in [0.4, 0.5) is 0 Å². The number of rotatable bonds is 9. The zero-order valence-electron chi connectivity index (χ0n) is 15.8. The van der Waals surface area contributed by atoms with Crippen LogP contribution in [-0.4, -0.2) is 24.3 Å². The van der Waals surface area contributed by atoms with Crippen molar-refractivity contribution in [3.8, 4) is 5.75 Å². The number of carbonyl (C=O) groups excluding carboxylic acids is 1. The quantitative estimate of drug-likeness (QED) is 0.505. The van der Waals surface area contributed by atoms with Gasteiger partial charge in [0.1, 0.15) is 5.75 Å². The van der Waals surface area contributed by atoms with Gasteiger partial charge in [-0.05, 0) is 42.2 Å². The molecule has 0 saturated heterocycles. The van der Waals surface area contributed by atoms with Crippen LogP contribution in [0.3, 0.4) is 0 Å². The third kappa shape index (κ3) is 6.95. The number of nitrogens with one attached hydrogen (secondary N) is 1. The first kappa shape index (κ1) is 21.9. The van der Waals surface area contributed by atoms with E-state index in [2.05, 4.69) is 19.2 Å². The van der Waals surface area contributed by atoms with Crippen molar-refractivity contribution >= 4 is 40.9 Å². The molecule has 27 heavy (non-hydrogen) atoms. The van der Waals surface area contributed by atoms with Crippen LogP contribution in [0.2, 0.25) is 10.0 Å². The molecule has 0 aromatic heterocycles. The summed E-state index contributed by atoms with van der Waals surface area (Å²) in [6.45, 7) is 6.58. The molecule has 0 saturated carbocycles. The molecule has 0 fully saturated rings. The second-order valence-corrected chi connectivity index (χ2v) is 8.46. The maximum Gasteiger partial charge on any atom is 0.260 e. The van der Waals surface area contributed by atoms with Gasteiger partial charge in [-0.1, -0.05) is 61.3 Å². The van der Waals surface area contributed by atoms with Crippen LogP contribution in [0.25, 0.3) is 0 Å². The number of thioether (sulfide) groups is 1. The zero-order valence-corrected chi connectivity index (χ0v) is 18.1. The Morgan fingerprint density at radius 3 is 2.56 bits per heavy atom. The highest BCUT2D eigenvalue weighted by atomic mass is 35.5. The summed E-state index contributed by atoms with van der Waals surface area (Å²) in [6, 6.07) is 13.5. The van der Waals surface area contributed by atoms with Crippen molar-refractivity contribution in [3.63, 3.8) is 0 Å². The Labute approximate surface area is 175 Å². The van der Waals surface area contributed by atoms with Gasteiger partial charge in [0.15, 0.2) is 6.10 Å². The number of halogens is 2. The minimum atomic E-state index is -0.537. The third-order valence-electron chi connectivity index (χ3n) is 4.01. The van der Waals surface area contributed by atoms with E-state index in [1.54, 1.807) is 24.8 Å². The highest BCUT2D eigenvalue weighted by Gasteiger charge is 2.16. The Balaban J connectivity index is 1.73. The topological polar surface area (TPSA) is 38.3 Å². The van der Waals surface area contributed by atoms with E-state index in [-0.39, 0.29) is 5.91 Å². The lowest BCUT2D eigenvalue weighted by molar-refractivity contribution is -0.127. The molecule has 2 aromatic carbocycles. The first-order chi connectivity index (χ1) is 12.9. The monoisotopic (exact) mass is 425 g/mol. The molecule has 0 heterocycles. The van der Waals surface area contributed by atoms with Crippen LogP contribution in [0.1, 0.15) is 37.8 Å². The lowest BCUT2D eigenvalue weighted by Gasteiger charge is -2.18. The average Bonchev–Trinajstić information content (AvgIpc) is 2.64. The summed E-state index contributed by atoms with van der Waals surface area (Å²) in [6.07, 6.45) is -0.537. The number of hydrogen-bond donors (Lipinski definition) is 1. The summed E-state index contributed by atoms with van der Waals surface area (Å²) in [7, 11) is 0. The SMILES string of the molecule is CC(C)c1ccccc1O[C@H](C)C(=O)NCCSCc1ccc(Cl)c(Cl)c1. The molecule has 1 atom stereocenters. The van der Waals surface area contributed by atoms with Crippen molar-refractivity contribution in [3.05, 3.63) is 63.6 Å². The lowest BCUT2D eigenvalue weighted by Crippen LogP contribution is -2.37. The van der Waals surface area contributed by atoms with Crippen LogP contribution < -0.4 is 10.1 Å². The Morgan fingerprint density at radius 2 is 1.85 bits per heavy atom. The van der Waals surface area contributed by atoms with Crippen molar-refractivity contribution < 1.29 is 9.53 Å². The summed E-state index contributed by atoms with van der Waals surface area (Å²) in [5.41, 5.74) is 2.22. The lowest BCUT2D eigenvalue weighted by atomic mass is 10.0. The molecule has 0 aliphatic rings. The third-order valence-corrected chi connectivity index (χ3v) is 5.78. The summed E-state index contributed by atoms with van der Waals surface area (Å²) in [5, 5.41) is 4.05. The van der Waals surface area contributed by atoms with E-state index in [0.29, 0.717) is 22.5 Å². The van der Waals surface area contributed by atoms with Crippen molar-refractivity contribution in [1.82, 2.24) is 5.32 Å². The summed E-state index contributed by atoms with van der Waals surface area (Å²) in [4.78, 5) is 12.3.